The maximum absolute atomic E-state index is 12.6. The number of hydrogen-bond acceptors (Lipinski definition) is 3. The summed E-state index contributed by atoms with van der Waals surface area (Å²) in [5.41, 5.74) is 2.36. The van der Waals surface area contributed by atoms with Gasteiger partial charge in [-0.25, -0.2) is 4.99 Å². The molecule has 1 fully saturated rings. The monoisotopic (exact) mass is 507 g/mol. The first-order chi connectivity index (χ1) is 13.8. The number of nitrogens with zero attached hydrogens (tertiary/aromatic N) is 3. The molecule has 1 heterocycles. The molecule has 1 aliphatic heterocycles. The van der Waals surface area contributed by atoms with E-state index in [4.69, 9.17) is 0 Å². The lowest BCUT2D eigenvalue weighted by atomic mass is 10.2. The molecule has 0 bridgehead atoms. The van der Waals surface area contributed by atoms with E-state index in [9.17, 15) is 4.79 Å². The lowest BCUT2D eigenvalue weighted by Crippen LogP contribution is -2.52. The summed E-state index contributed by atoms with van der Waals surface area (Å²) in [5.74, 6) is 0.778. The number of piperazine rings is 1. The van der Waals surface area contributed by atoms with E-state index in [0.29, 0.717) is 12.5 Å². The number of anilines is 1. The van der Waals surface area contributed by atoms with Crippen LogP contribution in [-0.4, -0.2) is 56.0 Å². The minimum absolute atomic E-state index is 0. The fourth-order valence-corrected chi connectivity index (χ4v) is 3.22. The molecule has 1 aliphatic rings. The molecule has 1 saturated heterocycles. The summed E-state index contributed by atoms with van der Waals surface area (Å²) in [6, 6.07) is 20.4. The predicted octanol–water partition coefficient (Wildman–Crippen LogP) is 2.71. The molecular weight excluding hydrogens is 477 g/mol. The van der Waals surface area contributed by atoms with Crippen molar-refractivity contribution in [2.75, 3.05) is 44.2 Å². The van der Waals surface area contributed by atoms with Gasteiger partial charge < -0.3 is 20.4 Å². The van der Waals surface area contributed by atoms with Gasteiger partial charge in [0.15, 0.2) is 5.96 Å². The summed E-state index contributed by atoms with van der Waals surface area (Å²) >= 11 is 0. The first-order valence-electron chi connectivity index (χ1n) is 9.90. The number of nitrogens with one attached hydrogen (secondary N) is 2. The van der Waals surface area contributed by atoms with Crippen LogP contribution in [0.15, 0.2) is 65.7 Å². The van der Waals surface area contributed by atoms with Gasteiger partial charge in [-0.1, -0.05) is 48.5 Å². The molecular formula is C22H30IN5O. The molecule has 1 amide bonds. The molecule has 2 aromatic carbocycles. The smallest absolute Gasteiger partial charge is 0.242 e. The fourth-order valence-electron chi connectivity index (χ4n) is 3.22. The Balaban J connectivity index is 0.00000300. The summed E-state index contributed by atoms with van der Waals surface area (Å²) in [4.78, 5) is 21.4. The number of para-hydroxylation sites is 1. The zero-order valence-electron chi connectivity index (χ0n) is 16.9. The Hall–Kier alpha value is -2.29. The normalized spacial score (nSPS) is 14.2. The van der Waals surface area contributed by atoms with Crippen molar-refractivity contribution in [2.45, 2.75) is 13.5 Å². The van der Waals surface area contributed by atoms with Crippen molar-refractivity contribution in [3.05, 3.63) is 66.2 Å². The summed E-state index contributed by atoms with van der Waals surface area (Å²) in [5, 5.41) is 6.36. The van der Waals surface area contributed by atoms with Crippen LogP contribution >= 0.6 is 24.0 Å². The highest BCUT2D eigenvalue weighted by molar-refractivity contribution is 14.0. The number of hydrogen-bond donors (Lipinski definition) is 2. The zero-order chi connectivity index (χ0) is 19.6. The molecule has 156 valence electrons. The third-order valence-corrected chi connectivity index (χ3v) is 4.77. The Morgan fingerprint density at radius 2 is 1.55 bits per heavy atom. The van der Waals surface area contributed by atoms with Gasteiger partial charge in [0.25, 0.3) is 0 Å². The van der Waals surface area contributed by atoms with Crippen molar-refractivity contribution >= 4 is 41.5 Å². The number of carbonyl (C=O) groups is 1. The molecule has 3 rings (SSSR count). The van der Waals surface area contributed by atoms with E-state index in [1.165, 1.54) is 5.69 Å². The third-order valence-electron chi connectivity index (χ3n) is 4.77. The summed E-state index contributed by atoms with van der Waals surface area (Å²) in [6.07, 6.45) is 0. The van der Waals surface area contributed by atoms with Gasteiger partial charge in [-0.2, -0.15) is 0 Å². The van der Waals surface area contributed by atoms with Crippen LogP contribution < -0.4 is 15.5 Å². The van der Waals surface area contributed by atoms with Gasteiger partial charge in [-0.3, -0.25) is 4.79 Å². The van der Waals surface area contributed by atoms with Gasteiger partial charge in [-0.05, 0) is 24.6 Å². The minimum atomic E-state index is 0. The number of benzene rings is 2. The van der Waals surface area contributed by atoms with Gasteiger partial charge in [0.2, 0.25) is 5.91 Å². The first-order valence-corrected chi connectivity index (χ1v) is 9.90. The van der Waals surface area contributed by atoms with Crippen LogP contribution in [0.2, 0.25) is 0 Å². The summed E-state index contributed by atoms with van der Waals surface area (Å²) in [7, 11) is 0. The van der Waals surface area contributed by atoms with Crippen molar-refractivity contribution in [3.63, 3.8) is 0 Å². The standard InChI is InChI=1S/C22H29N5O.HI/c1-2-23-22(24-17-19-9-5-3-6-10-19)25-18-21(28)27-15-13-26(14-16-27)20-11-7-4-8-12-20;/h3-12H,2,13-18H2,1H3,(H2,23,24,25);1H. The highest BCUT2D eigenvalue weighted by atomic mass is 127. The molecule has 0 unspecified atom stereocenters. The van der Waals surface area contributed by atoms with Crippen LogP contribution in [0.1, 0.15) is 12.5 Å². The van der Waals surface area contributed by atoms with Gasteiger partial charge in [-0.15, -0.1) is 24.0 Å². The van der Waals surface area contributed by atoms with Crippen LogP contribution in [0.25, 0.3) is 0 Å². The molecule has 0 aliphatic carbocycles. The lowest BCUT2D eigenvalue weighted by Gasteiger charge is -2.36. The Kier molecular flexibility index (Phi) is 9.76. The highest BCUT2D eigenvalue weighted by Gasteiger charge is 2.21. The maximum Gasteiger partial charge on any atom is 0.242 e. The van der Waals surface area contributed by atoms with Crippen molar-refractivity contribution < 1.29 is 4.79 Å². The van der Waals surface area contributed by atoms with Gasteiger partial charge in [0, 0.05) is 38.4 Å². The number of guanidine groups is 1. The minimum Gasteiger partial charge on any atom is -0.368 e. The molecule has 0 radical (unpaired) electrons. The van der Waals surface area contributed by atoms with E-state index in [-0.39, 0.29) is 36.4 Å². The second-order valence-corrected chi connectivity index (χ2v) is 6.74. The van der Waals surface area contributed by atoms with Gasteiger partial charge in [0.1, 0.15) is 0 Å². The molecule has 0 spiro atoms. The van der Waals surface area contributed by atoms with Crippen molar-refractivity contribution in [3.8, 4) is 0 Å². The topological polar surface area (TPSA) is 60.0 Å². The number of amides is 1. The number of halogens is 1. The van der Waals surface area contributed by atoms with Crippen LogP contribution in [0.5, 0.6) is 0 Å². The van der Waals surface area contributed by atoms with Crippen molar-refractivity contribution in [1.29, 1.82) is 0 Å². The Labute approximate surface area is 190 Å². The molecule has 29 heavy (non-hydrogen) atoms. The van der Waals surface area contributed by atoms with E-state index < -0.39 is 0 Å². The molecule has 2 aromatic rings. The largest absolute Gasteiger partial charge is 0.368 e. The van der Waals surface area contributed by atoms with Gasteiger partial charge in [0.05, 0.1) is 13.1 Å². The maximum atomic E-state index is 12.6. The summed E-state index contributed by atoms with van der Waals surface area (Å²) < 4.78 is 0. The Morgan fingerprint density at radius 1 is 0.931 bits per heavy atom. The number of aliphatic imine (C=N–C) groups is 1. The van der Waals surface area contributed by atoms with E-state index in [1.54, 1.807) is 0 Å². The molecule has 6 nitrogen and oxygen atoms in total. The number of carbonyl (C=O) groups excluding carboxylic acids is 1. The van der Waals surface area contributed by atoms with E-state index in [0.717, 1.165) is 38.3 Å². The van der Waals surface area contributed by atoms with Crippen LogP contribution in [-0.2, 0) is 11.3 Å². The highest BCUT2D eigenvalue weighted by Crippen LogP contribution is 2.15. The Morgan fingerprint density at radius 3 is 2.17 bits per heavy atom. The first kappa shape index (κ1) is 23.0. The Bertz CT molecular complexity index is 761. The predicted molar refractivity (Wildman–Crippen MR) is 130 cm³/mol. The number of rotatable bonds is 6. The third kappa shape index (κ3) is 7.23. The molecule has 0 atom stereocenters. The lowest BCUT2D eigenvalue weighted by molar-refractivity contribution is -0.130. The van der Waals surface area contributed by atoms with E-state index >= 15 is 0 Å². The van der Waals surface area contributed by atoms with Crippen molar-refractivity contribution in [1.82, 2.24) is 15.5 Å². The average molecular weight is 507 g/mol. The van der Waals surface area contributed by atoms with Crippen LogP contribution in [0.3, 0.4) is 0 Å². The average Bonchev–Trinajstić information content (AvgIpc) is 2.77. The van der Waals surface area contributed by atoms with Crippen LogP contribution in [0, 0.1) is 0 Å². The SMILES string of the molecule is CCNC(=NCc1ccccc1)NCC(=O)N1CCN(c2ccccc2)CC1.I. The van der Waals surface area contributed by atoms with Crippen LogP contribution in [0.4, 0.5) is 5.69 Å². The second-order valence-electron chi connectivity index (χ2n) is 6.74. The zero-order valence-corrected chi connectivity index (χ0v) is 19.2. The fraction of sp³-hybridized carbons (Fsp3) is 0.364. The molecule has 2 N–H and O–H groups in total. The summed E-state index contributed by atoms with van der Waals surface area (Å²) in [6.45, 7) is 6.82. The quantitative estimate of drug-likeness (QED) is 0.359. The molecule has 0 saturated carbocycles. The molecule has 0 aromatic heterocycles. The van der Waals surface area contributed by atoms with Gasteiger partial charge >= 0.3 is 0 Å². The second kappa shape index (κ2) is 12.3. The van der Waals surface area contributed by atoms with E-state index in [2.05, 4.69) is 32.7 Å². The van der Waals surface area contributed by atoms with E-state index in [1.807, 2.05) is 60.4 Å². The molecule has 7 heteroatoms. The van der Waals surface area contributed by atoms with Crippen molar-refractivity contribution in [2.24, 2.45) is 4.99 Å².